The predicted molar refractivity (Wildman–Crippen MR) is 75.1 cm³/mol. The normalized spacial score (nSPS) is 18.5. The summed E-state index contributed by atoms with van der Waals surface area (Å²) in [5.41, 5.74) is 1.78. The van der Waals surface area contributed by atoms with E-state index in [0.29, 0.717) is 19.4 Å². The number of imide groups is 1. The summed E-state index contributed by atoms with van der Waals surface area (Å²) in [7, 11) is 0. The van der Waals surface area contributed by atoms with Gasteiger partial charge in [0, 0.05) is 12.8 Å². The second kappa shape index (κ2) is 5.00. The molecule has 19 heavy (non-hydrogen) atoms. The van der Waals surface area contributed by atoms with Crippen molar-refractivity contribution in [3.63, 3.8) is 0 Å². The highest BCUT2D eigenvalue weighted by molar-refractivity contribution is 5.98. The molecule has 0 spiro atoms. The minimum atomic E-state index is -0.211. The number of amides is 2. The maximum atomic E-state index is 12.0. The van der Waals surface area contributed by atoms with E-state index in [1.807, 2.05) is 38.1 Å². The number of piperidine rings is 1. The summed E-state index contributed by atoms with van der Waals surface area (Å²) in [5, 5.41) is 0. The molecule has 1 aliphatic rings. The number of benzene rings is 1. The third-order valence-corrected chi connectivity index (χ3v) is 3.42. The van der Waals surface area contributed by atoms with E-state index in [1.54, 1.807) is 6.08 Å². The third-order valence-electron chi connectivity index (χ3n) is 3.42. The van der Waals surface area contributed by atoms with Gasteiger partial charge in [0.05, 0.1) is 6.54 Å². The lowest BCUT2D eigenvalue weighted by Crippen LogP contribution is -2.45. The molecule has 0 radical (unpaired) electrons. The predicted octanol–water partition coefficient (Wildman–Crippen LogP) is 3.00. The van der Waals surface area contributed by atoms with Gasteiger partial charge in [-0.2, -0.15) is 0 Å². The zero-order chi connectivity index (χ0) is 14.0. The molecule has 1 aromatic rings. The van der Waals surface area contributed by atoms with Crippen LogP contribution in [0.4, 0.5) is 0 Å². The smallest absolute Gasteiger partial charge is 0.230 e. The van der Waals surface area contributed by atoms with Gasteiger partial charge in [-0.3, -0.25) is 14.5 Å². The van der Waals surface area contributed by atoms with Gasteiger partial charge in [0.1, 0.15) is 0 Å². The van der Waals surface area contributed by atoms with E-state index in [4.69, 9.17) is 0 Å². The van der Waals surface area contributed by atoms with Gasteiger partial charge >= 0.3 is 0 Å². The lowest BCUT2D eigenvalue weighted by atomic mass is 9.81. The third kappa shape index (κ3) is 3.11. The maximum absolute atomic E-state index is 12.0. The Morgan fingerprint density at radius 1 is 1.16 bits per heavy atom. The van der Waals surface area contributed by atoms with Crippen LogP contribution >= 0.6 is 0 Å². The molecule has 100 valence electrons. The molecule has 2 rings (SSSR count). The lowest BCUT2D eigenvalue weighted by Gasteiger charge is -2.34. The molecule has 1 aliphatic heterocycles. The number of carbonyl (C=O) groups is 2. The second-order valence-corrected chi connectivity index (χ2v) is 5.84. The summed E-state index contributed by atoms with van der Waals surface area (Å²) in [6, 6.07) is 7.73. The SMILES string of the molecule is C=Cc1ccc(CN2C(=O)CC(C)(C)CC2=O)cc1. The van der Waals surface area contributed by atoms with Crippen LogP contribution in [0.15, 0.2) is 30.8 Å². The van der Waals surface area contributed by atoms with Gasteiger partial charge < -0.3 is 0 Å². The molecule has 0 bridgehead atoms. The van der Waals surface area contributed by atoms with Crippen molar-refractivity contribution in [2.75, 3.05) is 0 Å². The number of rotatable bonds is 3. The standard InChI is InChI=1S/C16H19NO2/c1-4-12-5-7-13(8-6-12)11-17-14(18)9-16(2,3)10-15(17)19/h4-8H,1,9-11H2,2-3H3. The quantitative estimate of drug-likeness (QED) is 0.781. The largest absolute Gasteiger partial charge is 0.278 e. The highest BCUT2D eigenvalue weighted by atomic mass is 16.2. The van der Waals surface area contributed by atoms with E-state index >= 15 is 0 Å². The van der Waals surface area contributed by atoms with Crippen LogP contribution in [0.2, 0.25) is 0 Å². The van der Waals surface area contributed by atoms with Crippen LogP contribution in [0, 0.1) is 5.41 Å². The van der Waals surface area contributed by atoms with Crippen molar-refractivity contribution in [2.45, 2.75) is 33.2 Å². The molecule has 0 aromatic heterocycles. The van der Waals surface area contributed by atoms with E-state index in [9.17, 15) is 9.59 Å². The molecule has 2 amide bonds. The Hall–Kier alpha value is -1.90. The van der Waals surface area contributed by atoms with Gasteiger partial charge in [-0.15, -0.1) is 0 Å². The van der Waals surface area contributed by atoms with E-state index in [1.165, 1.54) is 4.90 Å². The van der Waals surface area contributed by atoms with Crippen molar-refractivity contribution in [1.82, 2.24) is 4.90 Å². The topological polar surface area (TPSA) is 37.4 Å². The van der Waals surface area contributed by atoms with Crippen LogP contribution in [0.3, 0.4) is 0 Å². The van der Waals surface area contributed by atoms with Crippen molar-refractivity contribution in [3.8, 4) is 0 Å². The summed E-state index contributed by atoms with van der Waals surface area (Å²) >= 11 is 0. The van der Waals surface area contributed by atoms with Crippen LogP contribution in [0.25, 0.3) is 6.08 Å². The van der Waals surface area contributed by atoms with Crippen molar-refractivity contribution >= 4 is 17.9 Å². The fourth-order valence-electron chi connectivity index (χ4n) is 2.33. The molecular formula is C16H19NO2. The zero-order valence-corrected chi connectivity index (χ0v) is 11.5. The summed E-state index contributed by atoms with van der Waals surface area (Å²) < 4.78 is 0. The molecule has 1 aromatic carbocycles. The summed E-state index contributed by atoms with van der Waals surface area (Å²) in [6.07, 6.45) is 2.64. The summed E-state index contributed by atoms with van der Waals surface area (Å²) in [5.74, 6) is -0.150. The Balaban J connectivity index is 2.11. The van der Waals surface area contributed by atoms with Crippen LogP contribution in [-0.4, -0.2) is 16.7 Å². The van der Waals surface area contributed by atoms with Crippen molar-refractivity contribution < 1.29 is 9.59 Å². The number of nitrogens with zero attached hydrogens (tertiary/aromatic N) is 1. The average molecular weight is 257 g/mol. The molecule has 0 N–H and O–H groups in total. The van der Waals surface area contributed by atoms with Crippen molar-refractivity contribution in [3.05, 3.63) is 42.0 Å². The molecule has 3 heteroatoms. The first-order valence-electron chi connectivity index (χ1n) is 6.46. The molecule has 0 aliphatic carbocycles. The minimum Gasteiger partial charge on any atom is -0.278 e. The first-order chi connectivity index (χ1) is 8.91. The molecule has 1 heterocycles. The zero-order valence-electron chi connectivity index (χ0n) is 11.5. The number of carbonyl (C=O) groups excluding carboxylic acids is 2. The first kappa shape index (κ1) is 13.5. The van der Waals surface area contributed by atoms with Gasteiger partial charge in [0.25, 0.3) is 0 Å². The molecule has 1 fully saturated rings. The van der Waals surface area contributed by atoms with Gasteiger partial charge in [0.2, 0.25) is 11.8 Å². The average Bonchev–Trinajstić information content (AvgIpc) is 2.33. The lowest BCUT2D eigenvalue weighted by molar-refractivity contribution is -0.153. The highest BCUT2D eigenvalue weighted by Crippen LogP contribution is 2.32. The van der Waals surface area contributed by atoms with E-state index in [-0.39, 0.29) is 17.2 Å². The number of hydrogen-bond acceptors (Lipinski definition) is 2. The summed E-state index contributed by atoms with van der Waals surface area (Å²) in [4.78, 5) is 25.4. The highest BCUT2D eigenvalue weighted by Gasteiger charge is 2.37. The van der Waals surface area contributed by atoms with E-state index < -0.39 is 0 Å². The Morgan fingerprint density at radius 2 is 1.68 bits per heavy atom. The molecule has 3 nitrogen and oxygen atoms in total. The fourth-order valence-corrected chi connectivity index (χ4v) is 2.33. The molecule has 0 saturated carbocycles. The molecular weight excluding hydrogens is 238 g/mol. The molecule has 0 atom stereocenters. The maximum Gasteiger partial charge on any atom is 0.230 e. The number of likely N-dealkylation sites (tertiary alicyclic amines) is 1. The van der Waals surface area contributed by atoms with Gasteiger partial charge in [-0.25, -0.2) is 0 Å². The van der Waals surface area contributed by atoms with Crippen LogP contribution in [0.1, 0.15) is 37.8 Å². The minimum absolute atomic E-state index is 0.0750. The Bertz CT molecular complexity index is 494. The van der Waals surface area contributed by atoms with E-state index in [0.717, 1.165) is 11.1 Å². The Morgan fingerprint density at radius 3 is 2.16 bits per heavy atom. The van der Waals surface area contributed by atoms with Gasteiger partial charge in [-0.05, 0) is 16.5 Å². The first-order valence-corrected chi connectivity index (χ1v) is 6.46. The van der Waals surface area contributed by atoms with Gasteiger partial charge in [0.15, 0.2) is 0 Å². The Labute approximate surface area is 113 Å². The van der Waals surface area contributed by atoms with E-state index in [2.05, 4.69) is 6.58 Å². The fraction of sp³-hybridized carbons (Fsp3) is 0.375. The van der Waals surface area contributed by atoms with Crippen LogP contribution in [0.5, 0.6) is 0 Å². The van der Waals surface area contributed by atoms with Crippen LogP contribution in [-0.2, 0) is 16.1 Å². The van der Waals surface area contributed by atoms with Gasteiger partial charge in [-0.1, -0.05) is 50.8 Å². The Kier molecular flexibility index (Phi) is 3.56. The monoisotopic (exact) mass is 257 g/mol. The number of hydrogen-bond donors (Lipinski definition) is 0. The van der Waals surface area contributed by atoms with Crippen LogP contribution < -0.4 is 0 Å². The molecule has 0 unspecified atom stereocenters. The summed E-state index contributed by atoms with van der Waals surface area (Å²) in [6.45, 7) is 7.98. The van der Waals surface area contributed by atoms with Crippen molar-refractivity contribution in [2.24, 2.45) is 5.41 Å². The van der Waals surface area contributed by atoms with Crippen molar-refractivity contribution in [1.29, 1.82) is 0 Å². The second-order valence-electron chi connectivity index (χ2n) is 5.84. The molecule has 1 saturated heterocycles.